The van der Waals surface area contributed by atoms with Gasteiger partial charge in [-0.15, -0.1) is 0 Å². The van der Waals surface area contributed by atoms with Crippen molar-refractivity contribution < 1.29 is 19.4 Å². The normalized spacial score (nSPS) is 13.0. The molecule has 4 heteroatoms. The lowest BCUT2D eigenvalue weighted by Gasteiger charge is -1.99. The molecule has 0 aliphatic heterocycles. The summed E-state index contributed by atoms with van der Waals surface area (Å²) in [7, 11) is 0. The lowest BCUT2D eigenvalue weighted by molar-refractivity contribution is -0.143. The van der Waals surface area contributed by atoms with Gasteiger partial charge in [0, 0.05) is 6.61 Å². The third-order valence-electron chi connectivity index (χ3n) is 1.13. The van der Waals surface area contributed by atoms with Gasteiger partial charge in [0.2, 0.25) is 0 Å². The summed E-state index contributed by atoms with van der Waals surface area (Å²) in [6.07, 6.45) is -0.889. The number of hydrogen-bond acceptors (Lipinski definition) is 2. The van der Waals surface area contributed by atoms with Crippen LogP contribution in [-0.2, 0) is 4.79 Å². The van der Waals surface area contributed by atoms with Crippen LogP contribution in [0.2, 0.25) is 0 Å². The first-order valence-electron chi connectivity index (χ1n) is 3.16. The van der Waals surface area contributed by atoms with Gasteiger partial charge >= 0.3 is 5.97 Å². The van der Waals surface area contributed by atoms with Crippen LogP contribution in [0.3, 0.4) is 0 Å². The Morgan fingerprint density at radius 1 is 1.50 bits per heavy atom. The van der Waals surface area contributed by atoms with Crippen molar-refractivity contribution in [2.45, 2.75) is 25.4 Å². The number of carboxylic acid groups (broad SMARTS) is 1. The Labute approximate surface area is 58.5 Å². The van der Waals surface area contributed by atoms with Gasteiger partial charge in [-0.1, -0.05) is 0 Å². The minimum Gasteiger partial charge on any atom is -0.479 e. The van der Waals surface area contributed by atoms with Crippen LogP contribution in [0.5, 0.6) is 0 Å². The Bertz CT molecular complexity index is 105. The maximum Gasteiger partial charge on any atom is 0.338 e. The van der Waals surface area contributed by atoms with E-state index >= 15 is 0 Å². The number of carbonyl (C=O) groups is 1. The van der Waals surface area contributed by atoms with E-state index in [4.69, 9.17) is 10.2 Å². The van der Waals surface area contributed by atoms with E-state index in [9.17, 15) is 9.18 Å². The van der Waals surface area contributed by atoms with Crippen molar-refractivity contribution >= 4 is 5.97 Å². The number of aliphatic carboxylic acids is 1. The first-order chi connectivity index (χ1) is 4.68. The molecule has 60 valence electrons. The molecule has 0 amide bonds. The van der Waals surface area contributed by atoms with Crippen molar-refractivity contribution in [3.63, 3.8) is 0 Å². The molecule has 0 saturated heterocycles. The van der Waals surface area contributed by atoms with Gasteiger partial charge in [-0.05, 0) is 19.3 Å². The zero-order valence-electron chi connectivity index (χ0n) is 5.59. The summed E-state index contributed by atoms with van der Waals surface area (Å²) in [5.41, 5.74) is 0. The molecule has 1 unspecified atom stereocenters. The highest BCUT2D eigenvalue weighted by Crippen LogP contribution is 2.03. The van der Waals surface area contributed by atoms with Crippen molar-refractivity contribution in [2.24, 2.45) is 0 Å². The van der Waals surface area contributed by atoms with Crippen LogP contribution in [0.4, 0.5) is 4.39 Å². The minimum atomic E-state index is -1.77. The minimum absolute atomic E-state index is 0.00407. The summed E-state index contributed by atoms with van der Waals surface area (Å²) in [6.45, 7) is -0.00760. The van der Waals surface area contributed by atoms with Crippen LogP contribution in [-0.4, -0.2) is 29.0 Å². The fourth-order valence-corrected chi connectivity index (χ4v) is 0.559. The van der Waals surface area contributed by atoms with Crippen molar-refractivity contribution in [2.75, 3.05) is 6.61 Å². The number of aliphatic hydroxyl groups is 1. The summed E-state index contributed by atoms with van der Waals surface area (Å²) in [5.74, 6) is -1.42. The number of aliphatic hydroxyl groups excluding tert-OH is 1. The van der Waals surface area contributed by atoms with E-state index in [0.717, 1.165) is 0 Å². The largest absolute Gasteiger partial charge is 0.479 e. The Balaban J connectivity index is 3.21. The Hall–Kier alpha value is -0.640. The van der Waals surface area contributed by atoms with E-state index in [1.165, 1.54) is 0 Å². The molecule has 0 radical (unpaired) electrons. The fourth-order valence-electron chi connectivity index (χ4n) is 0.559. The van der Waals surface area contributed by atoms with Crippen molar-refractivity contribution in [1.29, 1.82) is 0 Å². The van der Waals surface area contributed by atoms with E-state index in [1.54, 1.807) is 0 Å². The predicted octanol–water partition coefficient (Wildman–Crippen LogP) is 0.572. The number of alkyl halides is 1. The molecule has 10 heavy (non-hydrogen) atoms. The first kappa shape index (κ1) is 9.36. The van der Waals surface area contributed by atoms with E-state index in [0.29, 0.717) is 12.8 Å². The van der Waals surface area contributed by atoms with Gasteiger partial charge in [-0.2, -0.15) is 0 Å². The molecule has 0 heterocycles. The number of hydrogen-bond donors (Lipinski definition) is 2. The van der Waals surface area contributed by atoms with Crippen molar-refractivity contribution in [1.82, 2.24) is 0 Å². The Morgan fingerprint density at radius 3 is 2.50 bits per heavy atom. The van der Waals surface area contributed by atoms with Crippen LogP contribution >= 0.6 is 0 Å². The van der Waals surface area contributed by atoms with Crippen molar-refractivity contribution in [3.05, 3.63) is 0 Å². The number of unbranched alkanes of at least 4 members (excludes halogenated alkanes) is 1. The molecular formula is C6H11FO3. The predicted molar refractivity (Wildman–Crippen MR) is 33.5 cm³/mol. The number of halogens is 1. The molecule has 0 aliphatic carbocycles. The van der Waals surface area contributed by atoms with Crippen molar-refractivity contribution in [3.8, 4) is 0 Å². The standard InChI is InChI=1S/C6H11FO3/c7-5(6(9)10)3-1-2-4-8/h5,8H,1-4H2,(H,9,10). The van der Waals surface area contributed by atoms with Crippen LogP contribution < -0.4 is 0 Å². The Morgan fingerprint density at radius 2 is 2.10 bits per heavy atom. The van der Waals surface area contributed by atoms with Gasteiger partial charge in [0.05, 0.1) is 0 Å². The molecule has 0 aromatic rings. The maximum absolute atomic E-state index is 12.2. The highest BCUT2D eigenvalue weighted by Gasteiger charge is 2.13. The molecule has 0 bridgehead atoms. The quantitative estimate of drug-likeness (QED) is 0.563. The molecule has 0 aromatic heterocycles. The molecule has 0 spiro atoms. The van der Waals surface area contributed by atoms with Gasteiger partial charge in [0.15, 0.2) is 6.17 Å². The number of rotatable bonds is 5. The van der Waals surface area contributed by atoms with Crippen LogP contribution in [0, 0.1) is 0 Å². The van der Waals surface area contributed by atoms with Gasteiger partial charge < -0.3 is 10.2 Å². The zero-order valence-corrected chi connectivity index (χ0v) is 5.59. The average Bonchev–Trinajstić information content (AvgIpc) is 1.88. The molecule has 0 rings (SSSR count). The lowest BCUT2D eigenvalue weighted by atomic mass is 10.2. The highest BCUT2D eigenvalue weighted by molar-refractivity contribution is 5.71. The fraction of sp³-hybridized carbons (Fsp3) is 0.833. The SMILES string of the molecule is O=C(O)C(F)CCCCO. The molecule has 0 aliphatic rings. The van der Waals surface area contributed by atoms with E-state index in [-0.39, 0.29) is 13.0 Å². The maximum atomic E-state index is 12.2. The third-order valence-corrected chi connectivity index (χ3v) is 1.13. The van der Waals surface area contributed by atoms with Gasteiger partial charge in [-0.25, -0.2) is 9.18 Å². The number of carboxylic acids is 1. The summed E-state index contributed by atoms with van der Waals surface area (Å²) in [4.78, 5) is 9.86. The van der Waals surface area contributed by atoms with Crippen LogP contribution in [0.15, 0.2) is 0 Å². The molecule has 3 nitrogen and oxygen atoms in total. The van der Waals surface area contributed by atoms with E-state index in [2.05, 4.69) is 0 Å². The van der Waals surface area contributed by atoms with E-state index < -0.39 is 12.1 Å². The van der Waals surface area contributed by atoms with Gasteiger partial charge in [0.25, 0.3) is 0 Å². The topological polar surface area (TPSA) is 57.5 Å². The summed E-state index contributed by atoms with van der Waals surface area (Å²) >= 11 is 0. The molecule has 1 atom stereocenters. The molecule has 0 saturated carbocycles. The highest BCUT2D eigenvalue weighted by atomic mass is 19.1. The third kappa shape index (κ3) is 4.26. The van der Waals surface area contributed by atoms with Gasteiger partial charge in [0.1, 0.15) is 0 Å². The molecule has 2 N–H and O–H groups in total. The van der Waals surface area contributed by atoms with Gasteiger partial charge in [-0.3, -0.25) is 0 Å². The van der Waals surface area contributed by atoms with Crippen LogP contribution in [0.1, 0.15) is 19.3 Å². The second-order valence-electron chi connectivity index (χ2n) is 2.03. The second kappa shape index (κ2) is 5.17. The summed E-state index contributed by atoms with van der Waals surface area (Å²) in [5, 5.41) is 16.3. The zero-order chi connectivity index (χ0) is 7.98. The summed E-state index contributed by atoms with van der Waals surface area (Å²) in [6, 6.07) is 0. The monoisotopic (exact) mass is 150 g/mol. The van der Waals surface area contributed by atoms with Crippen LogP contribution in [0.25, 0.3) is 0 Å². The summed E-state index contributed by atoms with van der Waals surface area (Å²) < 4.78 is 12.2. The molecule has 0 fully saturated rings. The first-order valence-corrected chi connectivity index (χ1v) is 3.16. The molecular weight excluding hydrogens is 139 g/mol. The Kier molecular flexibility index (Phi) is 4.84. The second-order valence-corrected chi connectivity index (χ2v) is 2.03. The smallest absolute Gasteiger partial charge is 0.338 e. The lowest BCUT2D eigenvalue weighted by Crippen LogP contribution is -2.13. The molecule has 0 aromatic carbocycles. The van der Waals surface area contributed by atoms with E-state index in [1.807, 2.05) is 0 Å². The average molecular weight is 150 g/mol.